The zero-order valence-corrected chi connectivity index (χ0v) is 17.6. The van der Waals surface area contributed by atoms with Crippen LogP contribution in [-0.2, 0) is 11.3 Å². The number of nitrogen functional groups attached to an aromatic ring is 1. The molecular weight excluding hydrogens is 423 g/mol. The minimum absolute atomic E-state index is 0.118. The van der Waals surface area contributed by atoms with Gasteiger partial charge in [-0.15, -0.1) is 0 Å². The average molecular weight is 449 g/mol. The molecule has 3 heterocycles. The lowest BCUT2D eigenvalue weighted by Crippen LogP contribution is -2.54. The number of benzene rings is 1. The predicted octanol–water partition coefficient (Wildman–Crippen LogP) is 2.71. The second-order valence-electron chi connectivity index (χ2n) is 8.35. The molecule has 10 heteroatoms. The van der Waals surface area contributed by atoms with Crippen LogP contribution in [0.4, 0.5) is 19.1 Å². The number of ether oxygens (including phenoxy) is 1. The summed E-state index contributed by atoms with van der Waals surface area (Å²) in [5.74, 6) is -2.43. The van der Waals surface area contributed by atoms with Gasteiger partial charge in [0.15, 0.2) is 17.2 Å². The molecule has 2 aromatic rings. The van der Waals surface area contributed by atoms with Gasteiger partial charge >= 0.3 is 0 Å². The molecule has 2 saturated heterocycles. The molecule has 0 aliphatic carbocycles. The Kier molecular flexibility index (Phi) is 6.50. The van der Waals surface area contributed by atoms with Gasteiger partial charge in [0.2, 0.25) is 11.8 Å². The first-order chi connectivity index (χ1) is 15.3. The summed E-state index contributed by atoms with van der Waals surface area (Å²) in [5, 5.41) is 0. The van der Waals surface area contributed by atoms with Gasteiger partial charge < -0.3 is 15.4 Å². The molecule has 2 N–H and O–H groups in total. The Morgan fingerprint density at radius 2 is 1.78 bits per heavy atom. The van der Waals surface area contributed by atoms with E-state index in [-0.39, 0.29) is 30.6 Å². The maximum Gasteiger partial charge on any atom is 0.260 e. The van der Waals surface area contributed by atoms with Crippen molar-refractivity contribution >= 4 is 11.9 Å². The molecule has 1 aromatic carbocycles. The summed E-state index contributed by atoms with van der Waals surface area (Å²) in [5.41, 5.74) is 4.48. The van der Waals surface area contributed by atoms with Crippen molar-refractivity contribution in [3.63, 3.8) is 0 Å². The fourth-order valence-electron chi connectivity index (χ4n) is 4.20. The lowest BCUT2D eigenvalue weighted by molar-refractivity contribution is -0.149. The third kappa shape index (κ3) is 4.95. The van der Waals surface area contributed by atoms with Crippen LogP contribution in [0.5, 0.6) is 5.75 Å². The molecule has 7 nitrogen and oxygen atoms in total. The monoisotopic (exact) mass is 449 g/mol. The molecule has 0 unspecified atom stereocenters. The van der Waals surface area contributed by atoms with Gasteiger partial charge in [0.25, 0.3) is 5.91 Å². The van der Waals surface area contributed by atoms with E-state index < -0.39 is 23.2 Å². The summed E-state index contributed by atoms with van der Waals surface area (Å²) in [6.45, 7) is 2.11. The van der Waals surface area contributed by atoms with Crippen LogP contribution >= 0.6 is 0 Å². The molecule has 0 saturated carbocycles. The number of hydrogen-bond donors (Lipinski definition) is 1. The van der Waals surface area contributed by atoms with E-state index in [9.17, 15) is 13.6 Å². The maximum atomic E-state index is 15.5. The molecule has 172 valence electrons. The number of hydrogen-bond acceptors (Lipinski definition) is 6. The van der Waals surface area contributed by atoms with Gasteiger partial charge in [-0.2, -0.15) is 4.39 Å². The summed E-state index contributed by atoms with van der Waals surface area (Å²) in [4.78, 5) is 24.4. The molecule has 2 aliphatic heterocycles. The van der Waals surface area contributed by atoms with Crippen LogP contribution in [0.2, 0.25) is 0 Å². The van der Waals surface area contributed by atoms with Crippen LogP contribution in [0.1, 0.15) is 31.2 Å². The number of halogens is 3. The van der Waals surface area contributed by atoms with E-state index >= 15 is 4.39 Å². The molecule has 32 heavy (non-hydrogen) atoms. The van der Waals surface area contributed by atoms with Crippen molar-refractivity contribution in [2.75, 3.05) is 31.9 Å². The molecule has 0 bridgehead atoms. The number of rotatable bonds is 5. The third-order valence-corrected chi connectivity index (χ3v) is 6.10. The van der Waals surface area contributed by atoms with Crippen molar-refractivity contribution in [3.8, 4) is 5.75 Å². The van der Waals surface area contributed by atoms with Crippen LogP contribution < -0.4 is 10.5 Å². The highest BCUT2D eigenvalue weighted by Crippen LogP contribution is 2.31. The number of carbonyl (C=O) groups is 1. The highest BCUT2D eigenvalue weighted by Gasteiger charge is 2.44. The summed E-state index contributed by atoms with van der Waals surface area (Å²) < 4.78 is 48.2. The average Bonchev–Trinajstić information content (AvgIpc) is 2.80. The molecule has 0 spiro atoms. The first-order valence-corrected chi connectivity index (χ1v) is 10.7. The number of carbonyl (C=O) groups excluding carboxylic acids is 1. The topological polar surface area (TPSA) is 84.6 Å². The van der Waals surface area contributed by atoms with Crippen molar-refractivity contribution in [2.24, 2.45) is 0 Å². The molecule has 0 atom stereocenters. The van der Waals surface area contributed by atoms with Crippen molar-refractivity contribution in [2.45, 2.75) is 44.0 Å². The van der Waals surface area contributed by atoms with Crippen LogP contribution in [-0.4, -0.2) is 63.6 Å². The Hall–Kier alpha value is -2.88. The number of nitrogens with zero attached hydrogens (tertiary/aromatic N) is 4. The van der Waals surface area contributed by atoms with Crippen molar-refractivity contribution < 1.29 is 22.7 Å². The van der Waals surface area contributed by atoms with Crippen molar-refractivity contribution in [3.05, 3.63) is 47.8 Å². The van der Waals surface area contributed by atoms with Gasteiger partial charge in [-0.05, 0) is 12.1 Å². The smallest absolute Gasteiger partial charge is 0.260 e. The number of likely N-dealkylation sites (tertiary alicyclic amines) is 2. The predicted molar refractivity (Wildman–Crippen MR) is 111 cm³/mol. The SMILES string of the molecule is Nc1ncc(CN2CCC(F)(C(=O)N3CCC(Oc4cccc(F)c4F)CC3)CC2)cn1. The molecule has 2 fully saturated rings. The molecular formula is C22H26F3N5O2. The Balaban J connectivity index is 1.26. The Labute approximate surface area is 184 Å². The molecule has 2 aliphatic rings. The summed E-state index contributed by atoms with van der Waals surface area (Å²) in [6, 6.07) is 3.78. The van der Waals surface area contributed by atoms with E-state index in [1.54, 1.807) is 12.4 Å². The second-order valence-corrected chi connectivity index (χ2v) is 8.35. The minimum Gasteiger partial charge on any atom is -0.487 e. The fourth-order valence-corrected chi connectivity index (χ4v) is 4.20. The van der Waals surface area contributed by atoms with Gasteiger partial charge in [0, 0.05) is 76.4 Å². The number of aromatic nitrogens is 2. The van der Waals surface area contributed by atoms with Crippen LogP contribution in [0.25, 0.3) is 0 Å². The number of piperidine rings is 2. The van der Waals surface area contributed by atoms with E-state index in [1.165, 1.54) is 17.0 Å². The number of nitrogens with two attached hydrogens (primary N) is 1. The Morgan fingerprint density at radius 1 is 1.12 bits per heavy atom. The quantitative estimate of drug-likeness (QED) is 0.756. The summed E-state index contributed by atoms with van der Waals surface area (Å²) in [6.07, 6.45) is 4.04. The first-order valence-electron chi connectivity index (χ1n) is 10.7. The van der Waals surface area contributed by atoms with Crippen molar-refractivity contribution in [1.29, 1.82) is 0 Å². The van der Waals surface area contributed by atoms with E-state index in [4.69, 9.17) is 10.5 Å². The van der Waals surface area contributed by atoms with Crippen LogP contribution in [0, 0.1) is 11.6 Å². The highest BCUT2D eigenvalue weighted by molar-refractivity contribution is 5.85. The number of anilines is 1. The summed E-state index contributed by atoms with van der Waals surface area (Å²) >= 11 is 0. The normalized spacial score (nSPS) is 19.7. The molecule has 4 rings (SSSR count). The van der Waals surface area contributed by atoms with Gasteiger partial charge in [0.1, 0.15) is 6.10 Å². The van der Waals surface area contributed by atoms with E-state index in [0.717, 1.165) is 11.6 Å². The number of alkyl halides is 1. The van der Waals surface area contributed by atoms with E-state index in [0.29, 0.717) is 45.6 Å². The van der Waals surface area contributed by atoms with E-state index in [2.05, 4.69) is 14.9 Å². The van der Waals surface area contributed by atoms with Gasteiger partial charge in [0.05, 0.1) is 0 Å². The van der Waals surface area contributed by atoms with E-state index in [1.807, 2.05) is 0 Å². The fraction of sp³-hybridized carbons (Fsp3) is 0.500. The second kappa shape index (κ2) is 9.32. The zero-order valence-electron chi connectivity index (χ0n) is 17.6. The lowest BCUT2D eigenvalue weighted by Gasteiger charge is -2.40. The Morgan fingerprint density at radius 3 is 2.44 bits per heavy atom. The first kappa shape index (κ1) is 22.3. The van der Waals surface area contributed by atoms with Gasteiger partial charge in [-0.25, -0.2) is 18.7 Å². The van der Waals surface area contributed by atoms with Gasteiger partial charge in [-0.3, -0.25) is 9.69 Å². The van der Waals surface area contributed by atoms with Crippen molar-refractivity contribution in [1.82, 2.24) is 19.8 Å². The maximum absolute atomic E-state index is 15.5. The summed E-state index contributed by atoms with van der Waals surface area (Å²) in [7, 11) is 0. The standard InChI is InChI=1S/C22H26F3N5O2/c23-17-2-1-3-18(19(17)24)32-16-4-8-30(9-5-16)20(31)22(25)6-10-29(11-7-22)14-15-12-27-21(26)28-13-15/h1-3,12-13,16H,4-11,14H2,(H2,26,27,28). The third-order valence-electron chi connectivity index (χ3n) is 6.10. The zero-order chi connectivity index (χ0) is 22.7. The Bertz CT molecular complexity index is 943. The number of amides is 1. The van der Waals surface area contributed by atoms with Crippen LogP contribution in [0.3, 0.4) is 0 Å². The minimum atomic E-state index is -1.89. The molecule has 1 aromatic heterocycles. The highest BCUT2D eigenvalue weighted by atomic mass is 19.2. The lowest BCUT2D eigenvalue weighted by atomic mass is 9.90. The molecule has 1 amide bonds. The van der Waals surface area contributed by atoms with Gasteiger partial charge in [-0.1, -0.05) is 6.07 Å². The molecule has 0 radical (unpaired) electrons. The largest absolute Gasteiger partial charge is 0.487 e. The van der Waals surface area contributed by atoms with Crippen LogP contribution in [0.15, 0.2) is 30.6 Å².